The minimum Gasteiger partial charge on any atom is -0.353 e. The fourth-order valence-corrected chi connectivity index (χ4v) is 2.78. The minimum absolute atomic E-state index is 0.977. The van der Waals surface area contributed by atoms with E-state index in [1.54, 1.807) is 17.5 Å². The van der Waals surface area contributed by atoms with E-state index >= 15 is 0 Å². The lowest BCUT2D eigenvalue weighted by molar-refractivity contribution is 1.36. The van der Waals surface area contributed by atoms with Crippen molar-refractivity contribution in [3.8, 4) is 10.7 Å². The van der Waals surface area contributed by atoms with E-state index in [9.17, 15) is 0 Å². The summed E-state index contributed by atoms with van der Waals surface area (Å²) in [7, 11) is 0. The second kappa shape index (κ2) is 6.12. The molecule has 2 heterocycles. The van der Waals surface area contributed by atoms with Gasteiger partial charge in [0.05, 0.1) is 5.69 Å². The monoisotopic (exact) mass is 307 g/mol. The SMILES string of the molecule is C=C(C)/C=C\N=C(/C)c1ccc2cc(-c3nccs3)[nH]c2c1. The van der Waals surface area contributed by atoms with Gasteiger partial charge in [-0.1, -0.05) is 24.3 Å². The molecule has 3 rings (SSSR count). The average Bonchev–Trinajstić information content (AvgIpc) is 3.14. The van der Waals surface area contributed by atoms with Crippen LogP contribution in [0.3, 0.4) is 0 Å². The summed E-state index contributed by atoms with van der Waals surface area (Å²) in [5.74, 6) is 0. The van der Waals surface area contributed by atoms with Crippen LogP contribution < -0.4 is 0 Å². The molecule has 0 aliphatic carbocycles. The molecule has 0 aliphatic rings. The van der Waals surface area contributed by atoms with Crippen LogP contribution in [0.5, 0.6) is 0 Å². The fraction of sp³-hybridized carbons (Fsp3) is 0.111. The van der Waals surface area contributed by atoms with Gasteiger partial charge in [0.25, 0.3) is 0 Å². The van der Waals surface area contributed by atoms with Gasteiger partial charge in [-0.05, 0) is 37.6 Å². The number of nitrogens with one attached hydrogen (secondary N) is 1. The van der Waals surface area contributed by atoms with Crippen LogP contribution in [-0.4, -0.2) is 15.7 Å². The smallest absolute Gasteiger partial charge is 0.139 e. The highest BCUT2D eigenvalue weighted by Gasteiger charge is 2.06. The zero-order chi connectivity index (χ0) is 15.5. The molecule has 2 aromatic heterocycles. The molecular formula is C18H17N3S. The molecule has 3 aromatic rings. The van der Waals surface area contributed by atoms with Crippen LogP contribution >= 0.6 is 11.3 Å². The lowest BCUT2D eigenvalue weighted by Gasteiger charge is -1.99. The van der Waals surface area contributed by atoms with Crippen LogP contribution in [0.4, 0.5) is 0 Å². The first-order chi connectivity index (χ1) is 10.6. The third-order valence-electron chi connectivity index (χ3n) is 3.33. The van der Waals surface area contributed by atoms with Gasteiger partial charge in [0.15, 0.2) is 0 Å². The van der Waals surface area contributed by atoms with Crippen molar-refractivity contribution in [1.82, 2.24) is 9.97 Å². The van der Waals surface area contributed by atoms with E-state index in [1.807, 2.05) is 31.5 Å². The zero-order valence-corrected chi connectivity index (χ0v) is 13.4. The van der Waals surface area contributed by atoms with Crippen molar-refractivity contribution in [2.45, 2.75) is 13.8 Å². The van der Waals surface area contributed by atoms with Crippen LogP contribution in [0, 0.1) is 0 Å². The first kappa shape index (κ1) is 14.5. The first-order valence-electron chi connectivity index (χ1n) is 7.03. The summed E-state index contributed by atoms with van der Waals surface area (Å²) in [5.41, 5.74) is 5.22. The molecule has 0 atom stereocenters. The Balaban J connectivity index is 1.94. The number of aliphatic imine (C=N–C) groups is 1. The molecule has 110 valence electrons. The second-order valence-corrected chi connectivity index (χ2v) is 6.09. The lowest BCUT2D eigenvalue weighted by Crippen LogP contribution is -1.93. The number of allylic oxidation sites excluding steroid dienone is 2. The van der Waals surface area contributed by atoms with Crippen molar-refractivity contribution >= 4 is 28.0 Å². The third kappa shape index (κ3) is 3.07. The molecule has 0 unspecified atom stereocenters. The molecule has 1 aromatic carbocycles. The van der Waals surface area contributed by atoms with E-state index in [1.165, 1.54) is 5.39 Å². The largest absolute Gasteiger partial charge is 0.353 e. The number of fused-ring (bicyclic) bond motifs is 1. The Morgan fingerprint density at radius 1 is 1.32 bits per heavy atom. The van der Waals surface area contributed by atoms with Crippen molar-refractivity contribution in [2.75, 3.05) is 0 Å². The topological polar surface area (TPSA) is 41.0 Å². The third-order valence-corrected chi connectivity index (χ3v) is 4.14. The van der Waals surface area contributed by atoms with E-state index < -0.39 is 0 Å². The molecule has 3 nitrogen and oxygen atoms in total. The predicted molar refractivity (Wildman–Crippen MR) is 95.6 cm³/mol. The van der Waals surface area contributed by atoms with E-state index in [2.05, 4.69) is 45.8 Å². The number of rotatable bonds is 4. The Hall–Kier alpha value is -2.46. The van der Waals surface area contributed by atoms with Crippen LogP contribution in [0.1, 0.15) is 19.4 Å². The van der Waals surface area contributed by atoms with E-state index in [4.69, 9.17) is 0 Å². The number of nitrogens with zero attached hydrogens (tertiary/aromatic N) is 2. The highest BCUT2D eigenvalue weighted by molar-refractivity contribution is 7.13. The normalized spacial score (nSPS) is 12.4. The summed E-state index contributed by atoms with van der Waals surface area (Å²) < 4.78 is 0. The van der Waals surface area contributed by atoms with Crippen molar-refractivity contribution in [1.29, 1.82) is 0 Å². The maximum absolute atomic E-state index is 4.45. The van der Waals surface area contributed by atoms with Gasteiger partial charge in [-0.15, -0.1) is 11.3 Å². The molecule has 1 N–H and O–H groups in total. The molecule has 4 heteroatoms. The summed E-state index contributed by atoms with van der Waals surface area (Å²) in [6.07, 6.45) is 5.51. The second-order valence-electron chi connectivity index (χ2n) is 5.20. The van der Waals surface area contributed by atoms with Gasteiger partial charge in [0, 0.05) is 34.4 Å². The molecule has 22 heavy (non-hydrogen) atoms. The Morgan fingerprint density at radius 2 is 2.18 bits per heavy atom. The minimum atomic E-state index is 0.977. The van der Waals surface area contributed by atoms with E-state index in [0.29, 0.717) is 0 Å². The molecule has 0 spiro atoms. The predicted octanol–water partition coefficient (Wildman–Crippen LogP) is 5.19. The number of aromatic amines is 1. The number of benzene rings is 1. The average molecular weight is 307 g/mol. The van der Waals surface area contributed by atoms with Gasteiger partial charge in [0.2, 0.25) is 0 Å². The number of hydrogen-bond donors (Lipinski definition) is 1. The summed E-state index contributed by atoms with van der Waals surface area (Å²) in [5, 5.41) is 4.17. The molecular weight excluding hydrogens is 290 g/mol. The van der Waals surface area contributed by atoms with Gasteiger partial charge < -0.3 is 4.98 Å². The molecule has 0 saturated carbocycles. The molecule has 0 saturated heterocycles. The maximum atomic E-state index is 4.45. The van der Waals surface area contributed by atoms with Crippen LogP contribution in [0.25, 0.3) is 21.6 Å². The van der Waals surface area contributed by atoms with Gasteiger partial charge in [-0.2, -0.15) is 0 Å². The van der Waals surface area contributed by atoms with Gasteiger partial charge >= 0.3 is 0 Å². The fourth-order valence-electron chi connectivity index (χ4n) is 2.17. The van der Waals surface area contributed by atoms with Crippen LogP contribution in [-0.2, 0) is 0 Å². The standard InChI is InChI=1S/C18H17N3S/c1-12(2)6-7-19-13(3)14-4-5-15-11-17(21-16(15)10-14)18-20-8-9-22-18/h4-11,21H,1H2,2-3H3/b7-6-,19-13+. The first-order valence-corrected chi connectivity index (χ1v) is 7.91. The Bertz CT molecular complexity index is 867. The van der Waals surface area contributed by atoms with Crippen molar-refractivity contribution in [3.05, 3.63) is 65.8 Å². The molecule has 0 bridgehead atoms. The van der Waals surface area contributed by atoms with Gasteiger partial charge in [0.1, 0.15) is 5.01 Å². The number of hydrogen-bond acceptors (Lipinski definition) is 3. The quantitative estimate of drug-likeness (QED) is 0.523. The number of thiazole rings is 1. The number of aromatic nitrogens is 2. The number of H-pyrrole nitrogens is 1. The van der Waals surface area contributed by atoms with Crippen LogP contribution in [0.15, 0.2) is 65.3 Å². The molecule has 0 amide bonds. The zero-order valence-electron chi connectivity index (χ0n) is 12.6. The Morgan fingerprint density at radius 3 is 2.91 bits per heavy atom. The summed E-state index contributed by atoms with van der Waals surface area (Å²) in [6, 6.07) is 8.46. The van der Waals surface area contributed by atoms with Gasteiger partial charge in [-0.25, -0.2) is 4.98 Å². The lowest BCUT2D eigenvalue weighted by atomic mass is 10.1. The van der Waals surface area contributed by atoms with Crippen LogP contribution in [0.2, 0.25) is 0 Å². The van der Waals surface area contributed by atoms with E-state index in [0.717, 1.165) is 33.1 Å². The summed E-state index contributed by atoms with van der Waals surface area (Å²) in [6.45, 7) is 7.79. The van der Waals surface area contributed by atoms with Crippen molar-refractivity contribution in [2.24, 2.45) is 4.99 Å². The van der Waals surface area contributed by atoms with Crippen molar-refractivity contribution < 1.29 is 0 Å². The van der Waals surface area contributed by atoms with Gasteiger partial charge in [-0.3, -0.25) is 4.99 Å². The summed E-state index contributed by atoms with van der Waals surface area (Å²) >= 11 is 1.63. The highest BCUT2D eigenvalue weighted by Crippen LogP contribution is 2.26. The molecule has 0 aliphatic heterocycles. The Labute approximate surface area is 133 Å². The molecule has 0 radical (unpaired) electrons. The summed E-state index contributed by atoms with van der Waals surface area (Å²) in [4.78, 5) is 12.2. The molecule has 0 fully saturated rings. The maximum Gasteiger partial charge on any atom is 0.139 e. The Kier molecular flexibility index (Phi) is 4.02. The van der Waals surface area contributed by atoms with Crippen molar-refractivity contribution in [3.63, 3.8) is 0 Å². The van der Waals surface area contributed by atoms with E-state index in [-0.39, 0.29) is 0 Å². The highest BCUT2D eigenvalue weighted by atomic mass is 32.1.